The molecule has 4 aromatic rings. The second kappa shape index (κ2) is 6.58. The fourth-order valence-corrected chi connectivity index (χ4v) is 5.55. The van der Waals surface area contributed by atoms with Crippen LogP contribution in [0.2, 0.25) is 0 Å². The first-order chi connectivity index (χ1) is 13.3. The van der Waals surface area contributed by atoms with E-state index >= 15 is 0 Å². The minimum Gasteiger partial charge on any atom is -0.326 e. The average molecular weight is 395 g/mol. The molecular weight excluding hydrogens is 376 g/mol. The molecule has 0 aliphatic carbocycles. The van der Waals surface area contributed by atoms with Gasteiger partial charge in [0.15, 0.2) is 0 Å². The minimum atomic E-state index is -0.00507. The molecule has 4 heterocycles. The molecule has 1 unspecified atom stereocenters. The van der Waals surface area contributed by atoms with Crippen LogP contribution < -0.4 is 0 Å². The maximum atomic E-state index is 13.4. The van der Waals surface area contributed by atoms with Crippen LogP contribution in [0.25, 0.3) is 11.0 Å². The van der Waals surface area contributed by atoms with E-state index in [9.17, 15) is 4.79 Å². The number of carbonyl (C=O) groups is 1. The van der Waals surface area contributed by atoms with E-state index in [0.717, 1.165) is 30.5 Å². The van der Waals surface area contributed by atoms with E-state index in [4.69, 9.17) is 0 Å². The summed E-state index contributed by atoms with van der Waals surface area (Å²) in [6.07, 6.45) is 0.912. The van der Waals surface area contributed by atoms with Crippen molar-refractivity contribution < 1.29 is 4.79 Å². The van der Waals surface area contributed by atoms with Gasteiger partial charge in [-0.1, -0.05) is 11.3 Å². The lowest BCUT2D eigenvalue weighted by atomic mass is 9.97. The first kappa shape index (κ1) is 16.6. The molecule has 0 saturated carbocycles. The predicted molar refractivity (Wildman–Crippen MR) is 108 cm³/mol. The molecule has 0 saturated heterocycles. The third-order valence-electron chi connectivity index (χ3n) is 5.10. The third kappa shape index (κ3) is 2.69. The number of nitrogens with zero attached hydrogens (tertiary/aromatic N) is 4. The van der Waals surface area contributed by atoms with Crippen molar-refractivity contribution in [1.82, 2.24) is 19.9 Å². The molecular formula is C20H18N4OS2. The van der Waals surface area contributed by atoms with E-state index in [2.05, 4.69) is 39.3 Å². The Morgan fingerprint density at radius 2 is 2.15 bits per heavy atom. The van der Waals surface area contributed by atoms with Gasteiger partial charge in [0.2, 0.25) is 0 Å². The monoisotopic (exact) mass is 394 g/mol. The van der Waals surface area contributed by atoms with Gasteiger partial charge in [0.1, 0.15) is 5.52 Å². The Morgan fingerprint density at radius 1 is 1.22 bits per heavy atom. The number of hydrogen-bond acceptors (Lipinski definition) is 5. The first-order valence-corrected chi connectivity index (χ1v) is 10.8. The summed E-state index contributed by atoms with van der Waals surface area (Å²) in [6, 6.07) is 12.1. The summed E-state index contributed by atoms with van der Waals surface area (Å²) in [7, 11) is 0. The quantitative estimate of drug-likeness (QED) is 0.519. The van der Waals surface area contributed by atoms with Crippen molar-refractivity contribution in [1.29, 1.82) is 0 Å². The maximum absolute atomic E-state index is 13.4. The van der Waals surface area contributed by atoms with Crippen LogP contribution in [0.3, 0.4) is 0 Å². The highest BCUT2D eigenvalue weighted by Gasteiger charge is 2.34. The molecule has 27 heavy (non-hydrogen) atoms. The first-order valence-electron chi connectivity index (χ1n) is 9.00. The van der Waals surface area contributed by atoms with Crippen molar-refractivity contribution in [2.75, 3.05) is 6.54 Å². The zero-order chi connectivity index (χ0) is 18.4. The summed E-state index contributed by atoms with van der Waals surface area (Å²) in [6.45, 7) is 3.52. The van der Waals surface area contributed by atoms with Crippen LogP contribution in [0, 0.1) is 0 Å². The van der Waals surface area contributed by atoms with E-state index in [1.807, 2.05) is 34.7 Å². The van der Waals surface area contributed by atoms with Gasteiger partial charge in [-0.3, -0.25) is 4.79 Å². The van der Waals surface area contributed by atoms with Crippen molar-refractivity contribution in [3.8, 4) is 0 Å². The van der Waals surface area contributed by atoms with Gasteiger partial charge < -0.3 is 4.90 Å². The number of carbonyl (C=O) groups excluding carboxylic acids is 1. The van der Waals surface area contributed by atoms with Crippen LogP contribution >= 0.6 is 22.7 Å². The molecule has 0 N–H and O–H groups in total. The average Bonchev–Trinajstić information content (AvgIpc) is 3.46. The Balaban J connectivity index is 1.55. The molecule has 1 aromatic carbocycles. The van der Waals surface area contributed by atoms with Crippen molar-refractivity contribution in [2.45, 2.75) is 25.9 Å². The Kier molecular flexibility index (Phi) is 4.06. The Labute approximate surface area is 164 Å². The van der Waals surface area contributed by atoms with Crippen LogP contribution in [-0.2, 0) is 13.0 Å². The molecule has 0 spiro atoms. The van der Waals surface area contributed by atoms with Gasteiger partial charge in [0.25, 0.3) is 5.91 Å². The standard InChI is InChI=1S/C20H18N4OS2/c1-2-24-16-6-5-13(12-15(16)21-22-24)20(25)23-9-7-17-14(8-11-27-17)19(23)18-4-3-10-26-18/h3-6,8,10-12,19H,2,7,9H2,1H3. The van der Waals surface area contributed by atoms with Crippen LogP contribution in [0.15, 0.2) is 47.2 Å². The van der Waals surface area contributed by atoms with E-state index in [1.54, 1.807) is 22.7 Å². The fourth-order valence-electron chi connectivity index (χ4n) is 3.79. The number of aromatic nitrogens is 3. The summed E-state index contributed by atoms with van der Waals surface area (Å²) >= 11 is 3.50. The summed E-state index contributed by atoms with van der Waals surface area (Å²) < 4.78 is 1.84. The second-order valence-electron chi connectivity index (χ2n) is 6.57. The number of benzene rings is 1. The topological polar surface area (TPSA) is 51.0 Å². The van der Waals surface area contributed by atoms with Gasteiger partial charge in [0.05, 0.1) is 11.6 Å². The lowest BCUT2D eigenvalue weighted by molar-refractivity contribution is 0.0699. The Morgan fingerprint density at radius 3 is 2.96 bits per heavy atom. The number of fused-ring (bicyclic) bond motifs is 2. The highest BCUT2D eigenvalue weighted by molar-refractivity contribution is 7.10. The van der Waals surface area contributed by atoms with Crippen molar-refractivity contribution in [2.24, 2.45) is 0 Å². The van der Waals surface area contributed by atoms with Crippen LogP contribution in [0.1, 0.15) is 38.6 Å². The van der Waals surface area contributed by atoms with Crippen LogP contribution in [0.5, 0.6) is 0 Å². The van der Waals surface area contributed by atoms with Crippen LogP contribution in [-0.4, -0.2) is 32.3 Å². The smallest absolute Gasteiger partial charge is 0.254 e. The normalized spacial score (nSPS) is 16.6. The molecule has 1 aliphatic heterocycles. The summed E-state index contributed by atoms with van der Waals surface area (Å²) in [5.74, 6) is 0.0539. The predicted octanol–water partition coefficient (Wildman–Crippen LogP) is 4.36. The lowest BCUT2D eigenvalue weighted by Gasteiger charge is -2.35. The Bertz CT molecular complexity index is 1110. The van der Waals surface area contributed by atoms with E-state index in [-0.39, 0.29) is 11.9 Å². The Hall–Kier alpha value is -2.51. The number of aryl methyl sites for hydroxylation is 1. The van der Waals surface area contributed by atoms with Crippen molar-refractivity contribution in [3.63, 3.8) is 0 Å². The summed E-state index contributed by atoms with van der Waals surface area (Å²) in [5.41, 5.74) is 3.66. The van der Waals surface area contributed by atoms with Crippen molar-refractivity contribution in [3.05, 3.63) is 68.0 Å². The van der Waals surface area contributed by atoms with E-state index < -0.39 is 0 Å². The molecule has 136 valence electrons. The molecule has 0 fully saturated rings. The van der Waals surface area contributed by atoms with Gasteiger partial charge in [0, 0.05) is 28.4 Å². The fraction of sp³-hybridized carbons (Fsp3) is 0.250. The molecule has 1 atom stereocenters. The lowest BCUT2D eigenvalue weighted by Crippen LogP contribution is -2.39. The molecule has 7 heteroatoms. The largest absolute Gasteiger partial charge is 0.326 e. The number of rotatable bonds is 3. The molecule has 5 rings (SSSR count). The molecule has 1 amide bonds. The zero-order valence-corrected chi connectivity index (χ0v) is 16.5. The van der Waals surface area contributed by atoms with E-state index in [1.165, 1.54) is 15.3 Å². The van der Waals surface area contributed by atoms with Gasteiger partial charge in [-0.15, -0.1) is 27.8 Å². The van der Waals surface area contributed by atoms with Gasteiger partial charge in [-0.25, -0.2) is 4.68 Å². The molecule has 1 aliphatic rings. The third-order valence-corrected chi connectivity index (χ3v) is 7.02. The number of amides is 1. The number of hydrogen-bond donors (Lipinski definition) is 0. The molecule has 0 radical (unpaired) electrons. The summed E-state index contributed by atoms with van der Waals surface area (Å²) in [4.78, 5) is 18.0. The summed E-state index contributed by atoms with van der Waals surface area (Å²) in [5, 5.41) is 12.6. The van der Waals surface area contributed by atoms with Crippen LogP contribution in [0.4, 0.5) is 0 Å². The molecule has 0 bridgehead atoms. The van der Waals surface area contributed by atoms with Gasteiger partial charge in [-0.2, -0.15) is 0 Å². The second-order valence-corrected chi connectivity index (χ2v) is 8.55. The highest BCUT2D eigenvalue weighted by Crippen LogP contribution is 2.40. The minimum absolute atomic E-state index is 0.00507. The van der Waals surface area contributed by atoms with Crippen molar-refractivity contribution >= 4 is 39.6 Å². The number of thiophene rings is 2. The molecule has 5 nitrogen and oxygen atoms in total. The molecule has 3 aromatic heterocycles. The van der Waals surface area contributed by atoms with Gasteiger partial charge >= 0.3 is 0 Å². The SMILES string of the molecule is CCn1nnc2cc(C(=O)N3CCc4sccc4C3c3cccs3)ccc21. The zero-order valence-electron chi connectivity index (χ0n) is 14.8. The maximum Gasteiger partial charge on any atom is 0.254 e. The highest BCUT2D eigenvalue weighted by atomic mass is 32.1. The van der Waals surface area contributed by atoms with Gasteiger partial charge in [-0.05, 0) is 60.0 Å². The van der Waals surface area contributed by atoms with E-state index in [0.29, 0.717) is 5.56 Å².